The van der Waals surface area contributed by atoms with Crippen LogP contribution in [0, 0.1) is 6.92 Å². The number of sulfone groups is 1. The highest BCUT2D eigenvalue weighted by Gasteiger charge is 2.32. The predicted octanol–water partition coefficient (Wildman–Crippen LogP) is 3.57. The van der Waals surface area contributed by atoms with Gasteiger partial charge in [-0.2, -0.15) is 0 Å². The third-order valence-electron chi connectivity index (χ3n) is 6.43. The molecular weight excluding hydrogens is 462 g/mol. The Balaban J connectivity index is 1.53. The molecule has 1 atom stereocenters. The summed E-state index contributed by atoms with van der Waals surface area (Å²) in [5, 5.41) is 12.3. The summed E-state index contributed by atoms with van der Waals surface area (Å²) >= 11 is 0. The number of rotatable bonds is 7. The lowest BCUT2D eigenvalue weighted by atomic mass is 9.96. The molecule has 5 rings (SSSR count). The first kappa shape index (κ1) is 23.2. The zero-order valence-electron chi connectivity index (χ0n) is 19.7. The fourth-order valence-electron chi connectivity index (χ4n) is 4.53. The number of ether oxygens (including phenoxy) is 1. The van der Waals surface area contributed by atoms with Crippen molar-refractivity contribution in [3.63, 3.8) is 0 Å². The van der Waals surface area contributed by atoms with Crippen molar-refractivity contribution < 1.29 is 13.2 Å². The summed E-state index contributed by atoms with van der Waals surface area (Å²) < 4.78 is 33.1. The van der Waals surface area contributed by atoms with E-state index < -0.39 is 9.84 Å². The molecule has 0 amide bonds. The van der Waals surface area contributed by atoms with Crippen LogP contribution in [0.2, 0.25) is 0 Å². The number of fused-ring (bicyclic) bond motifs is 1. The molecule has 35 heavy (non-hydrogen) atoms. The molecule has 1 aliphatic heterocycles. The largest absolute Gasteiger partial charge is 0.497 e. The standard InChI is InChI=1S/C26H27N5O3S/c1-19-7-13-24(14-8-19)35(32,33)18-31-26(27-28-29-31)25(21-9-11-23(34-2)12-10-21)30-16-15-20-5-3-4-6-22(20)17-30/h3-14,25H,15-18H2,1-2H3/t25-/m0/s1. The molecule has 0 N–H and O–H groups in total. The Hall–Kier alpha value is -3.56. The highest BCUT2D eigenvalue weighted by Crippen LogP contribution is 2.33. The van der Waals surface area contributed by atoms with Crippen LogP contribution in [0.15, 0.2) is 77.7 Å². The predicted molar refractivity (Wildman–Crippen MR) is 132 cm³/mol. The van der Waals surface area contributed by atoms with Crippen molar-refractivity contribution in [1.29, 1.82) is 0 Å². The van der Waals surface area contributed by atoms with Crippen molar-refractivity contribution in [1.82, 2.24) is 25.1 Å². The van der Waals surface area contributed by atoms with Crippen LogP contribution >= 0.6 is 0 Å². The minimum Gasteiger partial charge on any atom is -0.497 e. The second kappa shape index (κ2) is 9.59. The van der Waals surface area contributed by atoms with Crippen LogP contribution < -0.4 is 4.74 Å². The first-order valence-corrected chi connectivity index (χ1v) is 13.1. The monoisotopic (exact) mass is 489 g/mol. The van der Waals surface area contributed by atoms with Gasteiger partial charge in [-0.3, -0.25) is 4.90 Å². The molecule has 1 aromatic heterocycles. The minimum absolute atomic E-state index is 0.248. The fraction of sp³-hybridized carbons (Fsp3) is 0.269. The van der Waals surface area contributed by atoms with Gasteiger partial charge < -0.3 is 4.74 Å². The highest BCUT2D eigenvalue weighted by molar-refractivity contribution is 7.90. The summed E-state index contributed by atoms with van der Waals surface area (Å²) in [6.07, 6.45) is 0.895. The van der Waals surface area contributed by atoms with E-state index in [1.54, 1.807) is 31.4 Å². The van der Waals surface area contributed by atoms with Crippen LogP contribution in [0.25, 0.3) is 0 Å². The number of aromatic nitrogens is 4. The van der Waals surface area contributed by atoms with Gasteiger partial charge in [-0.15, -0.1) is 5.10 Å². The van der Waals surface area contributed by atoms with Gasteiger partial charge in [-0.05, 0) is 64.7 Å². The second-order valence-corrected chi connectivity index (χ2v) is 10.7. The van der Waals surface area contributed by atoms with Crippen molar-refractivity contribution in [3.05, 3.63) is 101 Å². The van der Waals surface area contributed by atoms with Gasteiger partial charge in [-0.1, -0.05) is 54.1 Å². The maximum absolute atomic E-state index is 13.2. The zero-order valence-corrected chi connectivity index (χ0v) is 20.5. The SMILES string of the molecule is COc1ccc([C@@H](c2nnnn2CS(=O)(=O)c2ccc(C)cc2)N2CCc3ccccc3C2)cc1. The van der Waals surface area contributed by atoms with Crippen LogP contribution in [-0.4, -0.2) is 47.2 Å². The normalized spacial score (nSPS) is 14.9. The first-order valence-electron chi connectivity index (χ1n) is 11.4. The van der Waals surface area contributed by atoms with Gasteiger partial charge >= 0.3 is 0 Å². The maximum atomic E-state index is 13.2. The number of methoxy groups -OCH3 is 1. The molecule has 0 unspecified atom stereocenters. The number of hydrogen-bond donors (Lipinski definition) is 0. The number of aryl methyl sites for hydroxylation is 1. The lowest BCUT2D eigenvalue weighted by Gasteiger charge is -2.35. The van der Waals surface area contributed by atoms with Gasteiger partial charge in [0.1, 0.15) is 5.75 Å². The smallest absolute Gasteiger partial charge is 0.198 e. The van der Waals surface area contributed by atoms with E-state index in [0.717, 1.165) is 29.8 Å². The van der Waals surface area contributed by atoms with Crippen molar-refractivity contribution in [3.8, 4) is 5.75 Å². The first-order chi connectivity index (χ1) is 16.9. The third kappa shape index (κ3) is 4.82. The number of nitrogens with zero attached hydrogens (tertiary/aromatic N) is 5. The van der Waals surface area contributed by atoms with Gasteiger partial charge in [0.15, 0.2) is 21.5 Å². The molecule has 4 aromatic rings. The van der Waals surface area contributed by atoms with E-state index in [4.69, 9.17) is 4.74 Å². The van der Waals surface area contributed by atoms with Gasteiger partial charge in [0.25, 0.3) is 0 Å². The molecule has 180 valence electrons. The Morgan fingerprint density at radius 3 is 2.40 bits per heavy atom. The Labute approximate surface area is 205 Å². The molecule has 0 saturated heterocycles. The molecule has 0 fully saturated rings. The Kier molecular flexibility index (Phi) is 6.36. The topological polar surface area (TPSA) is 90.2 Å². The Morgan fingerprint density at radius 2 is 1.69 bits per heavy atom. The maximum Gasteiger partial charge on any atom is 0.198 e. The molecule has 0 saturated carbocycles. The van der Waals surface area contributed by atoms with E-state index in [2.05, 4.69) is 38.6 Å². The molecule has 9 heteroatoms. The average molecular weight is 490 g/mol. The van der Waals surface area contributed by atoms with E-state index in [1.165, 1.54) is 15.8 Å². The average Bonchev–Trinajstić information content (AvgIpc) is 3.31. The summed E-state index contributed by atoms with van der Waals surface area (Å²) in [6.45, 7) is 3.43. The summed E-state index contributed by atoms with van der Waals surface area (Å²) in [7, 11) is -2.02. The molecule has 2 heterocycles. The van der Waals surface area contributed by atoms with Crippen molar-refractivity contribution >= 4 is 9.84 Å². The van der Waals surface area contributed by atoms with E-state index in [-0.39, 0.29) is 16.8 Å². The summed E-state index contributed by atoms with van der Waals surface area (Å²) in [5.41, 5.74) is 4.55. The second-order valence-electron chi connectivity index (χ2n) is 8.76. The molecule has 0 aliphatic carbocycles. The molecule has 0 spiro atoms. The molecular formula is C26H27N5O3S. The van der Waals surface area contributed by atoms with Crippen molar-refractivity contribution in [2.75, 3.05) is 13.7 Å². The van der Waals surface area contributed by atoms with Gasteiger partial charge in [0.05, 0.1) is 18.0 Å². The summed E-state index contributed by atoms with van der Waals surface area (Å²) in [4.78, 5) is 2.54. The van der Waals surface area contributed by atoms with E-state index >= 15 is 0 Å². The van der Waals surface area contributed by atoms with Crippen LogP contribution in [0.5, 0.6) is 5.75 Å². The van der Waals surface area contributed by atoms with Crippen molar-refractivity contribution in [2.45, 2.75) is 36.7 Å². The number of hydrogen-bond acceptors (Lipinski definition) is 7. The van der Waals surface area contributed by atoms with E-state index in [9.17, 15) is 8.42 Å². The molecule has 8 nitrogen and oxygen atoms in total. The highest BCUT2D eigenvalue weighted by atomic mass is 32.2. The van der Waals surface area contributed by atoms with Crippen LogP contribution in [0.1, 0.15) is 34.1 Å². The lowest BCUT2D eigenvalue weighted by molar-refractivity contribution is 0.195. The lowest BCUT2D eigenvalue weighted by Crippen LogP contribution is -2.36. The molecule has 1 aliphatic rings. The van der Waals surface area contributed by atoms with Gasteiger partial charge in [-0.25, -0.2) is 13.1 Å². The van der Waals surface area contributed by atoms with Crippen molar-refractivity contribution in [2.24, 2.45) is 0 Å². The van der Waals surface area contributed by atoms with Crippen LogP contribution in [-0.2, 0) is 28.7 Å². The summed E-state index contributed by atoms with van der Waals surface area (Å²) in [5.74, 6) is 0.901. The Bertz CT molecular complexity index is 1420. The third-order valence-corrected chi connectivity index (χ3v) is 8.01. The summed E-state index contributed by atoms with van der Waals surface area (Å²) in [6, 6.07) is 22.7. The fourth-order valence-corrected chi connectivity index (χ4v) is 5.73. The van der Waals surface area contributed by atoms with E-state index in [0.29, 0.717) is 12.4 Å². The zero-order chi connectivity index (χ0) is 24.4. The number of tetrazole rings is 1. The Morgan fingerprint density at radius 1 is 0.971 bits per heavy atom. The minimum atomic E-state index is -3.65. The molecule has 0 bridgehead atoms. The van der Waals surface area contributed by atoms with Gasteiger partial charge in [0, 0.05) is 13.1 Å². The molecule has 3 aromatic carbocycles. The number of benzene rings is 3. The quantitative estimate of drug-likeness (QED) is 0.392. The van der Waals surface area contributed by atoms with Gasteiger partial charge in [0.2, 0.25) is 0 Å². The van der Waals surface area contributed by atoms with Crippen LogP contribution in [0.4, 0.5) is 0 Å². The van der Waals surface area contributed by atoms with Crippen LogP contribution in [0.3, 0.4) is 0 Å². The molecule has 0 radical (unpaired) electrons. The van der Waals surface area contributed by atoms with E-state index in [1.807, 2.05) is 37.3 Å².